The van der Waals surface area contributed by atoms with Gasteiger partial charge >= 0.3 is 5.97 Å². The Kier molecular flexibility index (Phi) is 6.84. The second-order valence-corrected chi connectivity index (χ2v) is 7.36. The summed E-state index contributed by atoms with van der Waals surface area (Å²) in [6, 6.07) is 9.66. The molecule has 7 nitrogen and oxygen atoms in total. The Morgan fingerprint density at radius 1 is 1.15 bits per heavy atom. The zero-order valence-electron chi connectivity index (χ0n) is 13.9. The van der Waals surface area contributed by atoms with Crippen molar-refractivity contribution in [2.24, 2.45) is 0 Å². The first-order valence-corrected chi connectivity index (χ1v) is 9.47. The third-order valence-electron chi connectivity index (χ3n) is 3.33. The van der Waals surface area contributed by atoms with E-state index in [1.165, 1.54) is 42.5 Å². The third kappa shape index (κ3) is 5.35. The molecule has 0 aromatic heterocycles. The van der Waals surface area contributed by atoms with Gasteiger partial charge in [-0.15, -0.1) is 0 Å². The number of sulfonamides is 1. The number of aromatic carboxylic acids is 1. The largest absolute Gasteiger partial charge is 0.492 e. The average Bonchev–Trinajstić information content (AvgIpc) is 2.60. The van der Waals surface area contributed by atoms with Crippen LogP contribution < -0.4 is 9.46 Å². The zero-order chi connectivity index (χ0) is 19.2. The summed E-state index contributed by atoms with van der Waals surface area (Å²) >= 11 is 5.93. The number of nitrogens with one attached hydrogen (secondary N) is 1. The molecule has 0 radical (unpaired) electrons. The lowest BCUT2D eigenvalue weighted by Gasteiger charge is -2.14. The molecule has 0 amide bonds. The van der Waals surface area contributed by atoms with Crippen molar-refractivity contribution in [3.8, 4) is 5.75 Å². The summed E-state index contributed by atoms with van der Waals surface area (Å²) in [6.07, 6.45) is 0.600. The van der Waals surface area contributed by atoms with E-state index in [1.807, 2.05) is 0 Å². The maximum absolute atomic E-state index is 12.7. The van der Waals surface area contributed by atoms with Crippen LogP contribution in [0, 0.1) is 0 Å². The number of carboxylic acid groups (broad SMARTS) is 1. The van der Waals surface area contributed by atoms with Gasteiger partial charge in [-0.1, -0.05) is 11.6 Å². The summed E-state index contributed by atoms with van der Waals surface area (Å²) in [5, 5.41) is 9.14. The molecule has 0 bridgehead atoms. The van der Waals surface area contributed by atoms with Crippen molar-refractivity contribution in [3.05, 3.63) is 53.1 Å². The molecule has 2 N–H and O–H groups in total. The number of ether oxygens (including phenoxy) is 2. The van der Waals surface area contributed by atoms with Gasteiger partial charge in [0, 0.05) is 30.8 Å². The van der Waals surface area contributed by atoms with Crippen LogP contribution in [0.3, 0.4) is 0 Å². The molecule has 2 aromatic rings. The summed E-state index contributed by atoms with van der Waals surface area (Å²) in [4.78, 5) is 10.8. The van der Waals surface area contributed by atoms with E-state index < -0.39 is 16.0 Å². The lowest BCUT2D eigenvalue weighted by Crippen LogP contribution is -2.15. The number of carbonyl (C=O) groups is 1. The van der Waals surface area contributed by atoms with Crippen molar-refractivity contribution in [3.63, 3.8) is 0 Å². The van der Waals surface area contributed by atoms with E-state index in [2.05, 4.69) is 4.72 Å². The van der Waals surface area contributed by atoms with Crippen LogP contribution in [0.4, 0.5) is 5.69 Å². The fourth-order valence-corrected chi connectivity index (χ4v) is 3.55. The minimum Gasteiger partial charge on any atom is -0.492 e. The number of anilines is 1. The molecular weight excluding hydrogens is 382 g/mol. The smallest absolute Gasteiger partial charge is 0.335 e. The van der Waals surface area contributed by atoms with Crippen LogP contribution in [0.2, 0.25) is 5.02 Å². The highest BCUT2D eigenvalue weighted by atomic mass is 35.5. The van der Waals surface area contributed by atoms with Gasteiger partial charge in [0.2, 0.25) is 0 Å². The average molecular weight is 400 g/mol. The second kappa shape index (κ2) is 8.88. The minimum absolute atomic E-state index is 0.0536. The highest BCUT2D eigenvalue weighted by Crippen LogP contribution is 2.29. The van der Waals surface area contributed by atoms with E-state index >= 15 is 0 Å². The Balaban J connectivity index is 2.23. The molecule has 0 aliphatic heterocycles. The summed E-state index contributed by atoms with van der Waals surface area (Å²) in [7, 11) is -2.41. The lowest BCUT2D eigenvalue weighted by molar-refractivity contribution is 0.0697. The first-order valence-electron chi connectivity index (χ1n) is 7.61. The van der Waals surface area contributed by atoms with Crippen molar-refractivity contribution in [1.82, 2.24) is 0 Å². The van der Waals surface area contributed by atoms with Gasteiger partial charge in [-0.05, 0) is 42.5 Å². The predicted molar refractivity (Wildman–Crippen MR) is 97.6 cm³/mol. The van der Waals surface area contributed by atoms with E-state index in [-0.39, 0.29) is 33.5 Å². The molecule has 0 heterocycles. The molecule has 9 heteroatoms. The summed E-state index contributed by atoms with van der Waals surface area (Å²) in [5.41, 5.74) is 0.276. The predicted octanol–water partition coefficient (Wildman–Crippen LogP) is 3.25. The van der Waals surface area contributed by atoms with E-state index in [0.717, 1.165) is 0 Å². The van der Waals surface area contributed by atoms with Gasteiger partial charge in [-0.25, -0.2) is 13.2 Å². The molecule has 0 saturated carbocycles. The van der Waals surface area contributed by atoms with Gasteiger partial charge in [0.15, 0.2) is 0 Å². The standard InChI is InChI=1S/C17H18ClNO6S/c1-24-9-2-10-25-15-8-5-13(18)11-16(15)26(22,23)19-14-6-3-12(4-7-14)17(20)21/h3-8,11,19H,2,9-10H2,1H3,(H,20,21). The topological polar surface area (TPSA) is 102 Å². The van der Waals surface area contributed by atoms with Gasteiger partial charge in [-0.2, -0.15) is 0 Å². The molecule has 0 aliphatic rings. The van der Waals surface area contributed by atoms with Crippen molar-refractivity contribution in [2.45, 2.75) is 11.3 Å². The van der Waals surface area contributed by atoms with Crippen LogP contribution in [-0.4, -0.2) is 39.8 Å². The van der Waals surface area contributed by atoms with Crippen LogP contribution in [0.15, 0.2) is 47.4 Å². The van der Waals surface area contributed by atoms with Gasteiger partial charge in [0.25, 0.3) is 10.0 Å². The maximum Gasteiger partial charge on any atom is 0.335 e. The minimum atomic E-state index is -3.98. The fraction of sp³-hybridized carbons (Fsp3) is 0.235. The van der Waals surface area contributed by atoms with Gasteiger partial charge in [0.1, 0.15) is 10.6 Å². The number of halogens is 1. The van der Waals surface area contributed by atoms with Crippen molar-refractivity contribution < 1.29 is 27.8 Å². The first kappa shape index (κ1) is 20.0. The van der Waals surface area contributed by atoms with Crippen molar-refractivity contribution in [1.29, 1.82) is 0 Å². The molecule has 0 fully saturated rings. The van der Waals surface area contributed by atoms with Crippen LogP contribution >= 0.6 is 11.6 Å². The van der Waals surface area contributed by atoms with E-state index in [4.69, 9.17) is 26.2 Å². The molecule has 0 spiro atoms. The highest BCUT2D eigenvalue weighted by Gasteiger charge is 2.21. The Morgan fingerprint density at radius 3 is 2.46 bits per heavy atom. The van der Waals surface area contributed by atoms with Crippen LogP contribution in [0.25, 0.3) is 0 Å². The normalized spacial score (nSPS) is 11.2. The molecule has 2 rings (SSSR count). The van der Waals surface area contributed by atoms with Gasteiger partial charge in [-0.3, -0.25) is 4.72 Å². The molecule has 0 unspecified atom stereocenters. The monoisotopic (exact) mass is 399 g/mol. The fourth-order valence-electron chi connectivity index (χ4n) is 2.09. The first-order chi connectivity index (χ1) is 12.3. The Bertz CT molecular complexity index is 867. The maximum atomic E-state index is 12.7. The summed E-state index contributed by atoms with van der Waals surface area (Å²) in [5.74, 6) is -0.929. The van der Waals surface area contributed by atoms with Crippen LogP contribution in [-0.2, 0) is 14.8 Å². The number of hydrogen-bond donors (Lipinski definition) is 2. The highest BCUT2D eigenvalue weighted by molar-refractivity contribution is 7.92. The number of carboxylic acids is 1. The Hall–Kier alpha value is -2.29. The molecule has 140 valence electrons. The molecule has 0 aliphatic carbocycles. The van der Waals surface area contributed by atoms with Gasteiger partial charge in [0.05, 0.1) is 12.2 Å². The van der Waals surface area contributed by atoms with Crippen molar-refractivity contribution >= 4 is 33.3 Å². The summed E-state index contributed by atoms with van der Waals surface area (Å²) < 4.78 is 38.2. The van der Waals surface area contributed by atoms with Crippen molar-refractivity contribution in [2.75, 3.05) is 25.0 Å². The molecule has 2 aromatic carbocycles. The Labute approximate surface area is 156 Å². The second-order valence-electron chi connectivity index (χ2n) is 5.27. The van der Waals surface area contributed by atoms with Gasteiger partial charge < -0.3 is 14.6 Å². The summed E-state index contributed by atoms with van der Waals surface area (Å²) in [6.45, 7) is 0.773. The van der Waals surface area contributed by atoms with E-state index in [1.54, 1.807) is 7.11 Å². The molecule has 0 atom stereocenters. The number of methoxy groups -OCH3 is 1. The molecular formula is C17H18ClNO6S. The van der Waals surface area contributed by atoms with Crippen LogP contribution in [0.5, 0.6) is 5.75 Å². The molecule has 0 saturated heterocycles. The number of benzene rings is 2. The quantitative estimate of drug-likeness (QED) is 0.627. The SMILES string of the molecule is COCCCOc1ccc(Cl)cc1S(=O)(=O)Nc1ccc(C(=O)O)cc1. The third-order valence-corrected chi connectivity index (χ3v) is 4.97. The van der Waals surface area contributed by atoms with Crippen LogP contribution in [0.1, 0.15) is 16.8 Å². The zero-order valence-corrected chi connectivity index (χ0v) is 15.5. The molecule has 26 heavy (non-hydrogen) atoms. The number of hydrogen-bond acceptors (Lipinski definition) is 5. The van der Waals surface area contributed by atoms with E-state index in [9.17, 15) is 13.2 Å². The van der Waals surface area contributed by atoms with E-state index in [0.29, 0.717) is 13.0 Å². The lowest BCUT2D eigenvalue weighted by atomic mass is 10.2. The Morgan fingerprint density at radius 2 is 1.85 bits per heavy atom. The number of rotatable bonds is 9.